The van der Waals surface area contributed by atoms with Crippen molar-refractivity contribution in [1.82, 2.24) is 15.1 Å². The number of likely N-dealkylation sites (N-methyl/N-ethyl adjacent to an activating group) is 1. The van der Waals surface area contributed by atoms with Crippen molar-refractivity contribution in [3.05, 3.63) is 63.7 Å². The Balaban J connectivity index is 1.79. The number of aromatic hydroxyl groups is 1. The van der Waals surface area contributed by atoms with Gasteiger partial charge in [-0.2, -0.15) is 0 Å². The minimum atomic E-state index is -0.704. The molecule has 2 N–H and O–H groups in total. The summed E-state index contributed by atoms with van der Waals surface area (Å²) in [5, 5.41) is 13.5. The average Bonchev–Trinajstić information content (AvgIpc) is 2.72. The smallest absolute Gasteiger partial charge is 0.227 e. The first-order valence-corrected chi connectivity index (χ1v) is 10.8. The number of benzene rings is 1. The van der Waals surface area contributed by atoms with Gasteiger partial charge in [0.25, 0.3) is 0 Å². The molecule has 1 aliphatic heterocycles. The Morgan fingerprint density at radius 3 is 2.55 bits per heavy atom. The molecule has 1 aromatic carbocycles. The van der Waals surface area contributed by atoms with Gasteiger partial charge in [-0.1, -0.05) is 30.3 Å². The van der Waals surface area contributed by atoms with E-state index in [1.54, 1.807) is 6.92 Å². The Morgan fingerprint density at radius 1 is 1.23 bits per heavy atom. The fraction of sp³-hybridized carbons (Fsp3) is 0.500. The van der Waals surface area contributed by atoms with Gasteiger partial charge < -0.3 is 19.7 Å². The van der Waals surface area contributed by atoms with Crippen LogP contribution in [0.3, 0.4) is 0 Å². The fourth-order valence-corrected chi connectivity index (χ4v) is 4.22. The maximum Gasteiger partial charge on any atom is 0.227 e. The van der Waals surface area contributed by atoms with E-state index in [1.807, 2.05) is 37.2 Å². The first kappa shape index (κ1) is 23.0. The summed E-state index contributed by atoms with van der Waals surface area (Å²) >= 11 is 0. The third-order valence-electron chi connectivity index (χ3n) is 5.97. The molecular weight excluding hydrogens is 394 g/mol. The van der Waals surface area contributed by atoms with Crippen LogP contribution >= 0.6 is 0 Å². The number of carbonyl (C=O) groups is 1. The van der Waals surface area contributed by atoms with Gasteiger partial charge in [0.1, 0.15) is 5.76 Å². The van der Waals surface area contributed by atoms with Crippen LogP contribution in [0.4, 0.5) is 0 Å². The molecular formula is C24H33N3O4. The summed E-state index contributed by atoms with van der Waals surface area (Å²) < 4.78 is 5.87. The third kappa shape index (κ3) is 5.95. The molecule has 1 aromatic heterocycles. The van der Waals surface area contributed by atoms with Gasteiger partial charge in [-0.05, 0) is 52.5 Å². The minimum absolute atomic E-state index is 0.0954. The zero-order chi connectivity index (χ0) is 22.4. The van der Waals surface area contributed by atoms with Crippen LogP contribution in [0.5, 0.6) is 5.75 Å². The van der Waals surface area contributed by atoms with Crippen LogP contribution in [0.25, 0.3) is 0 Å². The molecule has 0 bridgehead atoms. The third-order valence-corrected chi connectivity index (χ3v) is 5.97. The van der Waals surface area contributed by atoms with Gasteiger partial charge in [-0.15, -0.1) is 0 Å². The normalized spacial score (nSPS) is 16.4. The number of rotatable bonds is 8. The molecule has 31 heavy (non-hydrogen) atoms. The van der Waals surface area contributed by atoms with Crippen molar-refractivity contribution in [3.8, 4) is 5.75 Å². The van der Waals surface area contributed by atoms with E-state index in [1.165, 1.54) is 11.6 Å². The number of piperidine rings is 1. The van der Waals surface area contributed by atoms with Gasteiger partial charge in [-0.3, -0.25) is 14.5 Å². The van der Waals surface area contributed by atoms with Gasteiger partial charge in [0.05, 0.1) is 0 Å². The number of hydrogen-bond acceptors (Lipinski definition) is 6. The number of hydrogen-bond donors (Lipinski definition) is 2. The number of aryl methyl sites for hydroxylation is 1. The average molecular weight is 428 g/mol. The van der Waals surface area contributed by atoms with Crippen molar-refractivity contribution in [3.63, 3.8) is 0 Å². The second-order valence-corrected chi connectivity index (χ2v) is 8.77. The molecule has 1 fully saturated rings. The number of carbonyl (C=O) groups excluding carboxylic acids is 1. The van der Waals surface area contributed by atoms with E-state index >= 15 is 0 Å². The van der Waals surface area contributed by atoms with E-state index in [4.69, 9.17) is 4.42 Å². The van der Waals surface area contributed by atoms with Crippen LogP contribution in [0.2, 0.25) is 0 Å². The largest absolute Gasteiger partial charge is 0.502 e. The molecule has 7 heteroatoms. The van der Waals surface area contributed by atoms with E-state index < -0.39 is 10.8 Å². The summed E-state index contributed by atoms with van der Waals surface area (Å²) in [7, 11) is 3.91. The highest BCUT2D eigenvalue weighted by atomic mass is 16.4. The number of likely N-dealkylation sites (tertiary alicyclic amines) is 1. The standard InChI is InChI=1S/C24H33N3O4/c1-18-15-20(28)22(30)23(31-18)24(16-21(29)25-11-14-26(2)3)9-12-27(13-10-24)17-19-7-5-4-6-8-19/h4-8,15,30H,9-14,16-17H2,1-3H3,(H,25,29). The molecule has 168 valence electrons. The first-order valence-electron chi connectivity index (χ1n) is 10.8. The molecule has 0 radical (unpaired) electrons. The first-order chi connectivity index (χ1) is 14.8. The van der Waals surface area contributed by atoms with Crippen molar-refractivity contribution >= 4 is 5.91 Å². The van der Waals surface area contributed by atoms with Crippen molar-refractivity contribution in [2.75, 3.05) is 40.3 Å². The van der Waals surface area contributed by atoms with E-state index in [2.05, 4.69) is 22.3 Å². The van der Waals surface area contributed by atoms with Crippen LogP contribution in [0.1, 0.15) is 36.3 Å². The Kier molecular flexibility index (Phi) is 7.51. The van der Waals surface area contributed by atoms with Gasteiger partial charge in [0.2, 0.25) is 17.1 Å². The fourth-order valence-electron chi connectivity index (χ4n) is 4.22. The second kappa shape index (κ2) is 10.1. The van der Waals surface area contributed by atoms with Gasteiger partial charge in [-0.25, -0.2) is 0 Å². The van der Waals surface area contributed by atoms with Gasteiger partial charge in [0, 0.05) is 37.5 Å². The number of amides is 1. The highest BCUT2D eigenvalue weighted by Crippen LogP contribution is 2.42. The number of nitrogens with zero attached hydrogens (tertiary/aromatic N) is 2. The van der Waals surface area contributed by atoms with Crippen molar-refractivity contribution in [2.24, 2.45) is 0 Å². The van der Waals surface area contributed by atoms with E-state index in [-0.39, 0.29) is 23.8 Å². The molecule has 3 rings (SSSR count). The molecule has 0 saturated carbocycles. The van der Waals surface area contributed by atoms with Crippen LogP contribution in [0, 0.1) is 6.92 Å². The highest BCUT2D eigenvalue weighted by molar-refractivity contribution is 5.77. The molecule has 0 aliphatic carbocycles. The Morgan fingerprint density at radius 2 is 1.90 bits per heavy atom. The molecule has 1 amide bonds. The maximum absolute atomic E-state index is 12.8. The molecule has 0 spiro atoms. The lowest BCUT2D eigenvalue weighted by Gasteiger charge is -2.41. The van der Waals surface area contributed by atoms with Crippen molar-refractivity contribution < 1.29 is 14.3 Å². The van der Waals surface area contributed by atoms with Crippen molar-refractivity contribution in [1.29, 1.82) is 0 Å². The Hall–Kier alpha value is -2.64. The predicted octanol–water partition coefficient (Wildman–Crippen LogP) is 2.26. The SMILES string of the molecule is Cc1cc(=O)c(O)c(C2(CC(=O)NCCN(C)C)CCN(Cc3ccccc3)CC2)o1. The minimum Gasteiger partial charge on any atom is -0.502 e. The second-order valence-electron chi connectivity index (χ2n) is 8.77. The lowest BCUT2D eigenvalue weighted by Crippen LogP contribution is -2.46. The molecule has 7 nitrogen and oxygen atoms in total. The predicted molar refractivity (Wildman–Crippen MR) is 120 cm³/mol. The molecule has 2 aromatic rings. The van der Waals surface area contributed by atoms with Crippen LogP contribution < -0.4 is 10.7 Å². The molecule has 1 saturated heterocycles. The van der Waals surface area contributed by atoms with E-state index in [0.29, 0.717) is 25.1 Å². The summed E-state index contributed by atoms with van der Waals surface area (Å²) in [5.74, 6) is 0.224. The lowest BCUT2D eigenvalue weighted by atomic mass is 9.72. The maximum atomic E-state index is 12.8. The summed E-state index contributed by atoms with van der Waals surface area (Å²) in [6.07, 6.45) is 1.43. The van der Waals surface area contributed by atoms with Crippen LogP contribution in [-0.4, -0.2) is 61.1 Å². The van der Waals surface area contributed by atoms with Gasteiger partial charge >= 0.3 is 0 Å². The topological polar surface area (TPSA) is 86.0 Å². The summed E-state index contributed by atoms with van der Waals surface area (Å²) in [5.41, 5.74) is 0.0733. The van der Waals surface area contributed by atoms with E-state index in [0.717, 1.165) is 26.2 Å². The zero-order valence-corrected chi connectivity index (χ0v) is 18.7. The van der Waals surface area contributed by atoms with Crippen LogP contribution in [-0.2, 0) is 16.8 Å². The highest BCUT2D eigenvalue weighted by Gasteiger charge is 2.43. The molecule has 2 heterocycles. The van der Waals surface area contributed by atoms with Gasteiger partial charge in [0.15, 0.2) is 5.76 Å². The summed E-state index contributed by atoms with van der Waals surface area (Å²) in [4.78, 5) is 29.4. The lowest BCUT2D eigenvalue weighted by molar-refractivity contribution is -0.123. The van der Waals surface area contributed by atoms with Crippen LogP contribution in [0.15, 0.2) is 45.6 Å². The molecule has 0 atom stereocenters. The summed E-state index contributed by atoms with van der Waals surface area (Å²) in [6, 6.07) is 11.6. The zero-order valence-electron chi connectivity index (χ0n) is 18.7. The van der Waals surface area contributed by atoms with Crippen molar-refractivity contribution in [2.45, 2.75) is 38.1 Å². The monoisotopic (exact) mass is 427 g/mol. The van der Waals surface area contributed by atoms with E-state index in [9.17, 15) is 14.7 Å². The molecule has 1 aliphatic rings. The number of nitrogens with one attached hydrogen (secondary N) is 1. The summed E-state index contributed by atoms with van der Waals surface area (Å²) in [6.45, 7) is 5.31. The Bertz CT molecular complexity index is 932. The molecule has 0 unspecified atom stereocenters. The Labute approximate surface area is 183 Å². The quantitative estimate of drug-likeness (QED) is 0.672.